The third kappa shape index (κ3) is 3.07. The molecule has 0 saturated carbocycles. The van der Waals surface area contributed by atoms with Crippen LogP contribution >= 0.6 is 0 Å². The molecule has 0 spiro atoms. The van der Waals surface area contributed by atoms with Gasteiger partial charge in [0.2, 0.25) is 0 Å². The second-order valence-corrected chi connectivity index (χ2v) is 9.83. The van der Waals surface area contributed by atoms with Gasteiger partial charge in [-0.2, -0.15) is 0 Å². The zero-order valence-corrected chi connectivity index (χ0v) is 20.8. The highest BCUT2D eigenvalue weighted by Gasteiger charge is 2.19. The molecule has 0 aliphatic carbocycles. The van der Waals surface area contributed by atoms with Crippen LogP contribution in [-0.2, 0) is 0 Å². The molecule has 4 nitrogen and oxygen atoms in total. The van der Waals surface area contributed by atoms with Gasteiger partial charge in [-0.3, -0.25) is 0 Å². The number of para-hydroxylation sites is 1. The van der Waals surface area contributed by atoms with E-state index in [1.807, 2.05) is 60.7 Å². The molecule has 0 amide bonds. The van der Waals surface area contributed by atoms with E-state index in [2.05, 4.69) is 65.9 Å². The van der Waals surface area contributed by atoms with Crippen molar-refractivity contribution in [2.75, 3.05) is 0 Å². The SMILES string of the molecule is Cc1cc2c3ccccc3n3c4ccc(-c5nc(-c6ccccc6)nc(-c6ccccc6)n5)cc4c(c1)c23. The Bertz CT molecular complexity index is 2070. The van der Waals surface area contributed by atoms with Crippen LogP contribution in [0.25, 0.3) is 72.3 Å². The molecule has 0 fully saturated rings. The van der Waals surface area contributed by atoms with Crippen molar-refractivity contribution in [3.8, 4) is 34.2 Å². The predicted octanol–water partition coefficient (Wildman–Crippen LogP) is 8.33. The van der Waals surface area contributed by atoms with Gasteiger partial charge in [-0.25, -0.2) is 15.0 Å². The highest BCUT2D eigenvalue weighted by Crippen LogP contribution is 2.40. The first kappa shape index (κ1) is 21.0. The van der Waals surface area contributed by atoms with Crippen LogP contribution in [0, 0.1) is 6.92 Å². The fourth-order valence-electron chi connectivity index (χ4n) is 5.72. The minimum Gasteiger partial charge on any atom is -0.308 e. The first-order valence-electron chi connectivity index (χ1n) is 12.8. The van der Waals surface area contributed by atoms with Gasteiger partial charge in [0.1, 0.15) is 0 Å². The van der Waals surface area contributed by atoms with Crippen molar-refractivity contribution in [3.05, 3.63) is 121 Å². The average molecular weight is 487 g/mol. The Kier molecular flexibility index (Phi) is 4.40. The molecular formula is C34H22N4. The van der Waals surface area contributed by atoms with Crippen molar-refractivity contribution >= 4 is 38.1 Å². The third-order valence-electron chi connectivity index (χ3n) is 7.40. The summed E-state index contributed by atoms with van der Waals surface area (Å²) in [5.41, 5.74) is 7.88. The molecule has 0 saturated heterocycles. The molecule has 0 aliphatic rings. The van der Waals surface area contributed by atoms with Gasteiger partial charge in [0, 0.05) is 38.2 Å². The van der Waals surface area contributed by atoms with Gasteiger partial charge in [-0.1, -0.05) is 78.9 Å². The molecule has 0 N–H and O–H groups in total. The lowest BCUT2D eigenvalue weighted by molar-refractivity contribution is 1.07. The highest BCUT2D eigenvalue weighted by molar-refractivity contribution is 6.23. The number of aryl methyl sites for hydroxylation is 1. The van der Waals surface area contributed by atoms with Crippen LogP contribution < -0.4 is 0 Å². The molecule has 0 unspecified atom stereocenters. The van der Waals surface area contributed by atoms with E-state index in [1.54, 1.807) is 0 Å². The number of benzene rings is 5. The Morgan fingerprint density at radius 3 is 1.63 bits per heavy atom. The molecule has 0 atom stereocenters. The monoisotopic (exact) mass is 486 g/mol. The number of rotatable bonds is 3. The first-order chi connectivity index (χ1) is 18.7. The van der Waals surface area contributed by atoms with Crippen molar-refractivity contribution in [2.24, 2.45) is 0 Å². The Labute approximate surface area is 219 Å². The largest absolute Gasteiger partial charge is 0.308 e. The summed E-state index contributed by atoms with van der Waals surface area (Å²) in [6.45, 7) is 2.17. The molecule has 8 aromatic rings. The number of hydrogen-bond donors (Lipinski definition) is 0. The van der Waals surface area contributed by atoms with Crippen LogP contribution in [0.3, 0.4) is 0 Å². The Hall–Kier alpha value is -5.09. The van der Waals surface area contributed by atoms with Crippen LogP contribution in [-0.4, -0.2) is 19.4 Å². The molecule has 0 bridgehead atoms. The minimum absolute atomic E-state index is 0.671. The zero-order valence-electron chi connectivity index (χ0n) is 20.8. The van der Waals surface area contributed by atoms with E-state index in [0.717, 1.165) is 16.7 Å². The van der Waals surface area contributed by atoms with Crippen molar-refractivity contribution in [1.82, 2.24) is 19.4 Å². The Morgan fingerprint density at radius 1 is 0.447 bits per heavy atom. The molecule has 178 valence electrons. The summed E-state index contributed by atoms with van der Waals surface area (Å²) in [6, 6.07) is 40.1. The lowest BCUT2D eigenvalue weighted by Gasteiger charge is -2.09. The number of fused-ring (bicyclic) bond motifs is 6. The minimum atomic E-state index is 0.671. The third-order valence-corrected chi connectivity index (χ3v) is 7.40. The smallest absolute Gasteiger partial charge is 0.164 e. The van der Waals surface area contributed by atoms with E-state index in [4.69, 9.17) is 15.0 Å². The summed E-state index contributed by atoms with van der Waals surface area (Å²) in [7, 11) is 0. The van der Waals surface area contributed by atoms with E-state index in [9.17, 15) is 0 Å². The van der Waals surface area contributed by atoms with Crippen LogP contribution in [0.15, 0.2) is 115 Å². The number of nitrogens with zero attached hydrogens (tertiary/aromatic N) is 4. The van der Waals surface area contributed by atoms with Gasteiger partial charge >= 0.3 is 0 Å². The van der Waals surface area contributed by atoms with Gasteiger partial charge < -0.3 is 4.40 Å². The van der Waals surface area contributed by atoms with E-state index in [1.165, 1.54) is 43.7 Å². The van der Waals surface area contributed by atoms with Gasteiger partial charge in [0.05, 0.1) is 16.6 Å². The summed E-state index contributed by atoms with van der Waals surface area (Å²) in [6.07, 6.45) is 0. The van der Waals surface area contributed by atoms with E-state index >= 15 is 0 Å². The summed E-state index contributed by atoms with van der Waals surface area (Å²) >= 11 is 0. The molecule has 8 rings (SSSR count). The summed E-state index contributed by atoms with van der Waals surface area (Å²) in [5.74, 6) is 2.01. The molecule has 0 radical (unpaired) electrons. The van der Waals surface area contributed by atoms with Crippen LogP contribution in [0.2, 0.25) is 0 Å². The topological polar surface area (TPSA) is 43.1 Å². The molecule has 4 heteroatoms. The zero-order chi connectivity index (χ0) is 25.2. The quantitative estimate of drug-likeness (QED) is 0.252. The Balaban J connectivity index is 1.41. The molecule has 0 aliphatic heterocycles. The number of hydrogen-bond acceptors (Lipinski definition) is 3. The van der Waals surface area contributed by atoms with Gasteiger partial charge in [-0.05, 0) is 48.9 Å². The fraction of sp³-hybridized carbons (Fsp3) is 0.0294. The fourth-order valence-corrected chi connectivity index (χ4v) is 5.72. The van der Waals surface area contributed by atoms with Gasteiger partial charge in [0.15, 0.2) is 17.5 Å². The predicted molar refractivity (Wildman–Crippen MR) is 156 cm³/mol. The first-order valence-corrected chi connectivity index (χ1v) is 12.8. The number of aromatic nitrogens is 4. The second-order valence-electron chi connectivity index (χ2n) is 9.83. The van der Waals surface area contributed by atoms with Crippen LogP contribution in [0.1, 0.15) is 5.56 Å². The maximum atomic E-state index is 4.95. The lowest BCUT2D eigenvalue weighted by Crippen LogP contribution is -2.00. The van der Waals surface area contributed by atoms with Crippen molar-refractivity contribution in [3.63, 3.8) is 0 Å². The average Bonchev–Trinajstić information content (AvgIpc) is 3.48. The van der Waals surface area contributed by atoms with E-state index in [-0.39, 0.29) is 0 Å². The van der Waals surface area contributed by atoms with Crippen LogP contribution in [0.5, 0.6) is 0 Å². The molecule has 3 heterocycles. The van der Waals surface area contributed by atoms with E-state index < -0.39 is 0 Å². The maximum Gasteiger partial charge on any atom is 0.164 e. The molecular weight excluding hydrogens is 464 g/mol. The maximum absolute atomic E-state index is 4.95. The van der Waals surface area contributed by atoms with Crippen molar-refractivity contribution in [2.45, 2.75) is 6.92 Å². The lowest BCUT2D eigenvalue weighted by atomic mass is 10.0. The molecule has 5 aromatic carbocycles. The van der Waals surface area contributed by atoms with Crippen LogP contribution in [0.4, 0.5) is 0 Å². The highest BCUT2D eigenvalue weighted by atomic mass is 15.0. The van der Waals surface area contributed by atoms with Gasteiger partial charge in [-0.15, -0.1) is 0 Å². The Morgan fingerprint density at radius 2 is 0.974 bits per heavy atom. The standard InChI is InChI=1S/C34H22N4/c1-21-18-27-25-14-8-9-15-29(25)38-30-17-16-24(20-26(30)28(19-21)31(27)38)34-36-32(22-10-4-2-5-11-22)35-33(37-34)23-12-6-3-7-13-23/h2-20H,1H3. The normalized spacial score (nSPS) is 11.8. The second kappa shape index (κ2) is 7.95. The summed E-state index contributed by atoms with van der Waals surface area (Å²) < 4.78 is 2.40. The van der Waals surface area contributed by atoms with E-state index in [0.29, 0.717) is 17.5 Å². The van der Waals surface area contributed by atoms with Crippen molar-refractivity contribution < 1.29 is 0 Å². The van der Waals surface area contributed by atoms with Gasteiger partial charge in [0.25, 0.3) is 0 Å². The van der Waals surface area contributed by atoms with Crippen molar-refractivity contribution in [1.29, 1.82) is 0 Å². The summed E-state index contributed by atoms with van der Waals surface area (Å²) in [4.78, 5) is 14.7. The molecule has 38 heavy (non-hydrogen) atoms. The summed E-state index contributed by atoms with van der Waals surface area (Å²) in [5, 5.41) is 5.06. The molecule has 3 aromatic heterocycles.